The van der Waals surface area contributed by atoms with Crippen molar-refractivity contribution in [2.24, 2.45) is 22.2 Å². The van der Waals surface area contributed by atoms with Gasteiger partial charge in [0.05, 0.1) is 11.7 Å². The monoisotopic (exact) mass is 703 g/mol. The highest BCUT2D eigenvalue weighted by Crippen LogP contribution is 2.15. The fourth-order valence-corrected chi connectivity index (χ4v) is 4.94. The molecule has 0 heterocycles. The maximum Gasteiger partial charge on any atom is 0.410 e. The second-order valence-electron chi connectivity index (χ2n) is 11.9. The van der Waals surface area contributed by atoms with Gasteiger partial charge in [-0.2, -0.15) is 0 Å². The Balaban J connectivity index is 1.36. The lowest BCUT2D eigenvalue weighted by molar-refractivity contribution is -0.135. The number of aryl methyl sites for hydroxylation is 1. The molecule has 3 amide bonds. The number of unbranched alkanes of at least 4 members (excludes halogenated alkanes) is 1. The Labute approximate surface area is 298 Å². The number of guanidine groups is 1. The molecule has 3 rings (SSSR count). The molecule has 2 atom stereocenters. The zero-order valence-electron chi connectivity index (χ0n) is 28.7. The van der Waals surface area contributed by atoms with Gasteiger partial charge in [-0.05, 0) is 60.9 Å². The number of hydrogen-bond acceptors (Lipinski definition) is 9. The molecule has 0 aliphatic heterocycles. The number of ketones is 1. The Morgan fingerprint density at radius 2 is 1.31 bits per heavy atom. The largest absolute Gasteiger partial charge is 0.445 e. The van der Waals surface area contributed by atoms with Gasteiger partial charge in [0.25, 0.3) is 5.91 Å². The van der Waals surface area contributed by atoms with E-state index in [1.807, 2.05) is 72.8 Å². The van der Waals surface area contributed by atoms with Crippen molar-refractivity contribution in [2.75, 3.05) is 26.2 Å². The quantitative estimate of drug-likeness (QED) is 0.0540. The fourth-order valence-electron chi connectivity index (χ4n) is 4.94. The van der Waals surface area contributed by atoms with Gasteiger partial charge in [-0.3, -0.25) is 9.59 Å². The van der Waals surface area contributed by atoms with Crippen LogP contribution in [0.25, 0.3) is 0 Å². The van der Waals surface area contributed by atoms with Gasteiger partial charge in [-0.1, -0.05) is 72.8 Å². The molecule has 14 nitrogen and oxygen atoms in total. The van der Waals surface area contributed by atoms with Crippen LogP contribution in [-0.4, -0.2) is 78.2 Å². The van der Waals surface area contributed by atoms with Gasteiger partial charge < -0.3 is 47.3 Å². The first kappa shape index (κ1) is 40.0. The van der Waals surface area contributed by atoms with E-state index in [1.54, 1.807) is 17.0 Å². The topological polar surface area (TPSA) is 225 Å². The SMILES string of the molecule is NC(N)=Nc1ccc(CCCC(=O)C(N)C(O)C(=O)NCCCCN(CCCNC(=O)OCc2ccccc2)C(=O)OCc2ccccc2)cc1. The summed E-state index contributed by atoms with van der Waals surface area (Å²) in [5.74, 6) is -1.20. The minimum Gasteiger partial charge on any atom is -0.445 e. The molecule has 51 heavy (non-hydrogen) atoms. The number of carbonyl (C=O) groups is 4. The number of hydrogen-bond donors (Lipinski definition) is 6. The van der Waals surface area contributed by atoms with E-state index in [1.165, 1.54) is 0 Å². The molecule has 0 aromatic heterocycles. The lowest BCUT2D eigenvalue weighted by Gasteiger charge is -2.22. The van der Waals surface area contributed by atoms with Gasteiger partial charge in [0, 0.05) is 32.6 Å². The lowest BCUT2D eigenvalue weighted by Crippen LogP contribution is -2.50. The summed E-state index contributed by atoms with van der Waals surface area (Å²) in [6.07, 6.45) is -0.104. The number of nitrogens with zero attached hydrogens (tertiary/aromatic N) is 2. The van der Waals surface area contributed by atoms with Crippen LogP contribution >= 0.6 is 0 Å². The molecule has 3 aromatic rings. The van der Waals surface area contributed by atoms with E-state index in [0.717, 1.165) is 16.7 Å². The fraction of sp³-hybridized carbons (Fsp3) is 0.378. The van der Waals surface area contributed by atoms with Crippen LogP contribution < -0.4 is 27.8 Å². The number of alkyl carbamates (subject to hydrolysis) is 1. The molecule has 0 aliphatic carbocycles. The Morgan fingerprint density at radius 1 is 0.725 bits per heavy atom. The smallest absolute Gasteiger partial charge is 0.410 e. The number of benzene rings is 3. The highest BCUT2D eigenvalue weighted by Gasteiger charge is 2.28. The third-order valence-corrected chi connectivity index (χ3v) is 7.77. The number of ether oxygens (including phenoxy) is 2. The van der Waals surface area contributed by atoms with Gasteiger partial charge in [0.15, 0.2) is 17.8 Å². The molecule has 0 bridgehead atoms. The van der Waals surface area contributed by atoms with Crippen LogP contribution in [0.4, 0.5) is 15.3 Å². The van der Waals surface area contributed by atoms with Crippen molar-refractivity contribution in [3.63, 3.8) is 0 Å². The van der Waals surface area contributed by atoms with Crippen molar-refractivity contribution in [3.8, 4) is 0 Å². The minimum absolute atomic E-state index is 0.0367. The van der Waals surface area contributed by atoms with Crippen molar-refractivity contribution in [1.29, 1.82) is 0 Å². The minimum atomic E-state index is -1.69. The first-order chi connectivity index (χ1) is 24.6. The molecular weight excluding hydrogens is 654 g/mol. The Kier molecular flexibility index (Phi) is 17.5. The second-order valence-corrected chi connectivity index (χ2v) is 11.9. The molecular formula is C37H49N7O7. The predicted molar refractivity (Wildman–Crippen MR) is 194 cm³/mol. The summed E-state index contributed by atoms with van der Waals surface area (Å²) >= 11 is 0. The maximum absolute atomic E-state index is 12.9. The Bertz CT molecular complexity index is 1540. The number of aliphatic hydroxyl groups is 1. The molecule has 9 N–H and O–H groups in total. The van der Waals surface area contributed by atoms with E-state index in [-0.39, 0.29) is 38.7 Å². The highest BCUT2D eigenvalue weighted by atomic mass is 16.6. The third kappa shape index (κ3) is 15.7. The van der Waals surface area contributed by atoms with Gasteiger partial charge in [0.1, 0.15) is 13.2 Å². The van der Waals surface area contributed by atoms with Crippen LogP contribution in [0, 0.1) is 0 Å². The Hall–Kier alpha value is -5.47. The second kappa shape index (κ2) is 22.3. The van der Waals surface area contributed by atoms with Crippen LogP contribution in [-0.2, 0) is 38.7 Å². The van der Waals surface area contributed by atoms with Crippen molar-refractivity contribution in [2.45, 2.75) is 63.9 Å². The summed E-state index contributed by atoms with van der Waals surface area (Å²) in [4.78, 5) is 55.6. The average Bonchev–Trinajstić information content (AvgIpc) is 3.14. The number of Topliss-reactive ketones (excluding diaryl/α,β-unsaturated/α-hetero) is 1. The number of nitrogens with two attached hydrogens (primary N) is 3. The van der Waals surface area contributed by atoms with Crippen molar-refractivity contribution >= 4 is 35.5 Å². The summed E-state index contributed by atoms with van der Waals surface area (Å²) in [5, 5.41) is 15.7. The van der Waals surface area contributed by atoms with Gasteiger partial charge >= 0.3 is 12.2 Å². The molecule has 0 spiro atoms. The summed E-state index contributed by atoms with van der Waals surface area (Å²) in [5.41, 5.74) is 20.0. The summed E-state index contributed by atoms with van der Waals surface area (Å²) < 4.78 is 10.7. The number of amides is 3. The Morgan fingerprint density at radius 3 is 1.94 bits per heavy atom. The van der Waals surface area contributed by atoms with Crippen LogP contribution in [0.2, 0.25) is 0 Å². The molecule has 0 aliphatic rings. The standard InChI is InChI=1S/C37H49N7O7/c38-32(31(45)16-9-15-27-17-19-30(20-18-27)43-35(39)40)33(46)34(47)41-21-7-8-23-44(37(49)51-26-29-13-5-2-6-14-29)24-10-22-42-36(48)50-25-28-11-3-1-4-12-28/h1-6,11-14,17-20,32-33,46H,7-10,15-16,21-26,38H2,(H,41,47)(H,42,48)(H4,39,40,43). The molecule has 14 heteroatoms. The average molecular weight is 704 g/mol. The highest BCUT2D eigenvalue weighted by molar-refractivity contribution is 5.92. The van der Waals surface area contributed by atoms with E-state index in [9.17, 15) is 24.3 Å². The van der Waals surface area contributed by atoms with E-state index < -0.39 is 36.0 Å². The van der Waals surface area contributed by atoms with Crippen LogP contribution in [0.3, 0.4) is 0 Å². The molecule has 0 saturated heterocycles. The van der Waals surface area contributed by atoms with Crippen molar-refractivity contribution in [1.82, 2.24) is 15.5 Å². The first-order valence-electron chi connectivity index (χ1n) is 16.9. The maximum atomic E-state index is 12.9. The molecule has 3 aromatic carbocycles. The van der Waals surface area contributed by atoms with E-state index >= 15 is 0 Å². The summed E-state index contributed by atoms with van der Waals surface area (Å²) in [6.45, 7) is 1.41. The van der Waals surface area contributed by atoms with E-state index in [4.69, 9.17) is 26.7 Å². The van der Waals surface area contributed by atoms with E-state index in [0.29, 0.717) is 50.9 Å². The van der Waals surface area contributed by atoms with Crippen molar-refractivity contribution in [3.05, 3.63) is 102 Å². The third-order valence-electron chi connectivity index (χ3n) is 7.77. The molecule has 0 radical (unpaired) electrons. The molecule has 2 unspecified atom stereocenters. The zero-order chi connectivity index (χ0) is 36.8. The van der Waals surface area contributed by atoms with Gasteiger partial charge in [-0.25, -0.2) is 14.6 Å². The van der Waals surface area contributed by atoms with E-state index in [2.05, 4.69) is 15.6 Å². The predicted octanol–water partition coefficient (Wildman–Crippen LogP) is 3.02. The van der Waals surface area contributed by atoms with Crippen LogP contribution in [0.15, 0.2) is 89.9 Å². The van der Waals surface area contributed by atoms with Crippen molar-refractivity contribution < 1.29 is 33.8 Å². The summed E-state index contributed by atoms with van der Waals surface area (Å²) in [6, 6.07) is 24.5. The normalized spacial score (nSPS) is 11.8. The molecule has 0 saturated carbocycles. The van der Waals surface area contributed by atoms with Crippen LogP contribution in [0.5, 0.6) is 0 Å². The molecule has 0 fully saturated rings. The molecule has 274 valence electrons. The number of nitrogens with one attached hydrogen (secondary N) is 2. The zero-order valence-corrected chi connectivity index (χ0v) is 28.7. The van der Waals surface area contributed by atoms with Gasteiger partial charge in [0.2, 0.25) is 0 Å². The number of rotatable bonds is 21. The number of aliphatic imine (C=N–C) groups is 1. The van der Waals surface area contributed by atoms with Gasteiger partial charge in [-0.15, -0.1) is 0 Å². The first-order valence-corrected chi connectivity index (χ1v) is 16.9. The number of aliphatic hydroxyl groups excluding tert-OH is 1. The number of carbonyl (C=O) groups excluding carboxylic acids is 4. The lowest BCUT2D eigenvalue weighted by atomic mass is 10.00. The van der Waals surface area contributed by atoms with Crippen LogP contribution in [0.1, 0.15) is 48.8 Å². The summed E-state index contributed by atoms with van der Waals surface area (Å²) in [7, 11) is 0.